The van der Waals surface area contributed by atoms with Gasteiger partial charge >= 0.3 is 0 Å². The third-order valence-electron chi connectivity index (χ3n) is 2.90. The van der Waals surface area contributed by atoms with E-state index < -0.39 is 0 Å². The van der Waals surface area contributed by atoms with Gasteiger partial charge < -0.3 is 5.32 Å². The molecule has 2 atom stereocenters. The minimum absolute atomic E-state index is 0.00201. The Kier molecular flexibility index (Phi) is 4.51. The summed E-state index contributed by atoms with van der Waals surface area (Å²) in [5.41, 5.74) is 4.19. The van der Waals surface area contributed by atoms with Crippen molar-refractivity contribution < 1.29 is 4.84 Å². The summed E-state index contributed by atoms with van der Waals surface area (Å²) < 4.78 is 0. The number of nitrogens with one attached hydrogen (secondary N) is 2. The number of hydrogen-bond donors (Lipinski definition) is 2. The van der Waals surface area contributed by atoms with Crippen LogP contribution in [0.1, 0.15) is 18.4 Å². The average molecular weight is 231 g/mol. The van der Waals surface area contributed by atoms with Crippen molar-refractivity contribution in [3.63, 3.8) is 0 Å². The number of rotatable bonds is 4. The van der Waals surface area contributed by atoms with Crippen molar-refractivity contribution in [2.75, 3.05) is 6.54 Å². The van der Waals surface area contributed by atoms with Crippen LogP contribution in [0.5, 0.6) is 0 Å². The van der Waals surface area contributed by atoms with Crippen molar-refractivity contribution >= 4 is 0 Å². The highest BCUT2D eigenvalue weighted by Gasteiger charge is 2.19. The van der Waals surface area contributed by atoms with Gasteiger partial charge in [0, 0.05) is 12.6 Å². The van der Waals surface area contributed by atoms with Gasteiger partial charge in [0.2, 0.25) is 0 Å². The molecule has 0 bridgehead atoms. The fourth-order valence-corrected chi connectivity index (χ4v) is 1.88. The Morgan fingerprint density at radius 1 is 1.35 bits per heavy atom. The van der Waals surface area contributed by atoms with Gasteiger partial charge in [-0.3, -0.25) is 4.84 Å². The lowest BCUT2D eigenvalue weighted by atomic mass is 10.0. The molecule has 0 spiro atoms. The van der Waals surface area contributed by atoms with Crippen LogP contribution in [-0.4, -0.2) is 18.6 Å². The molecule has 4 nitrogen and oxygen atoms in total. The minimum Gasteiger partial charge on any atom is -0.300 e. The molecule has 90 valence electrons. The second-order valence-corrected chi connectivity index (χ2v) is 4.26. The van der Waals surface area contributed by atoms with Crippen LogP contribution in [0.15, 0.2) is 30.3 Å². The molecule has 1 aromatic carbocycles. The lowest BCUT2D eigenvalue weighted by molar-refractivity contribution is -0.00271. The predicted octanol–water partition coefficient (Wildman–Crippen LogP) is 1.35. The van der Waals surface area contributed by atoms with Crippen LogP contribution in [0, 0.1) is 11.3 Å². The Balaban J connectivity index is 1.65. The van der Waals surface area contributed by atoms with Crippen LogP contribution in [-0.2, 0) is 11.4 Å². The maximum absolute atomic E-state index is 8.74. The number of hydroxylamine groups is 1. The fraction of sp³-hybridized carbons (Fsp3) is 0.462. The van der Waals surface area contributed by atoms with E-state index in [0.717, 1.165) is 24.9 Å². The molecule has 1 fully saturated rings. The molecule has 0 saturated carbocycles. The second-order valence-electron chi connectivity index (χ2n) is 4.26. The molecule has 1 aromatic rings. The zero-order valence-electron chi connectivity index (χ0n) is 9.73. The summed E-state index contributed by atoms with van der Waals surface area (Å²) in [5, 5.41) is 11.9. The number of nitriles is 1. The van der Waals surface area contributed by atoms with Crippen LogP contribution >= 0.6 is 0 Å². The number of piperidine rings is 1. The van der Waals surface area contributed by atoms with E-state index >= 15 is 0 Å². The summed E-state index contributed by atoms with van der Waals surface area (Å²) in [6.45, 7) is 1.35. The van der Waals surface area contributed by atoms with Crippen molar-refractivity contribution in [2.24, 2.45) is 0 Å². The Morgan fingerprint density at radius 3 is 2.82 bits per heavy atom. The van der Waals surface area contributed by atoms with Gasteiger partial charge in [0.05, 0.1) is 18.7 Å². The Bertz CT molecular complexity index is 366. The number of hydrogen-bond acceptors (Lipinski definition) is 4. The highest BCUT2D eigenvalue weighted by Crippen LogP contribution is 2.08. The SMILES string of the molecule is N#CC1CCC(NOCc2ccccc2)CN1. The molecule has 1 aliphatic rings. The lowest BCUT2D eigenvalue weighted by Crippen LogP contribution is -2.47. The van der Waals surface area contributed by atoms with Gasteiger partial charge in [0.1, 0.15) is 0 Å². The Morgan fingerprint density at radius 2 is 2.18 bits per heavy atom. The Hall–Kier alpha value is -1.41. The number of benzene rings is 1. The van der Waals surface area contributed by atoms with Crippen molar-refractivity contribution in [1.29, 1.82) is 5.26 Å². The van der Waals surface area contributed by atoms with Gasteiger partial charge in [0.25, 0.3) is 0 Å². The average Bonchev–Trinajstić information content (AvgIpc) is 2.41. The van der Waals surface area contributed by atoms with Gasteiger partial charge in [-0.2, -0.15) is 10.7 Å². The van der Waals surface area contributed by atoms with E-state index in [0.29, 0.717) is 12.6 Å². The van der Waals surface area contributed by atoms with E-state index in [-0.39, 0.29) is 6.04 Å². The first kappa shape index (κ1) is 12.1. The topological polar surface area (TPSA) is 57.1 Å². The first-order valence-corrected chi connectivity index (χ1v) is 5.92. The van der Waals surface area contributed by atoms with Gasteiger partial charge in [0.15, 0.2) is 0 Å². The standard InChI is InChI=1S/C13H17N3O/c14-8-12-6-7-13(9-15-12)16-17-10-11-4-2-1-3-5-11/h1-5,12-13,15-16H,6-7,9-10H2. The van der Waals surface area contributed by atoms with Gasteiger partial charge in [-0.15, -0.1) is 0 Å². The van der Waals surface area contributed by atoms with E-state index in [9.17, 15) is 0 Å². The zero-order valence-corrected chi connectivity index (χ0v) is 9.73. The molecule has 1 saturated heterocycles. The molecule has 1 aliphatic heterocycles. The summed E-state index contributed by atoms with van der Waals surface area (Å²) in [5.74, 6) is 0. The summed E-state index contributed by atoms with van der Waals surface area (Å²) in [6.07, 6.45) is 1.85. The predicted molar refractivity (Wildman–Crippen MR) is 64.8 cm³/mol. The third-order valence-corrected chi connectivity index (χ3v) is 2.90. The van der Waals surface area contributed by atoms with Crippen LogP contribution in [0.2, 0.25) is 0 Å². The molecule has 0 aliphatic carbocycles. The third kappa shape index (κ3) is 3.82. The summed E-state index contributed by atoms with van der Waals surface area (Å²) in [7, 11) is 0. The van der Waals surface area contributed by atoms with Crippen molar-refractivity contribution in [3.8, 4) is 6.07 Å². The van der Waals surface area contributed by atoms with Crippen LogP contribution in [0.4, 0.5) is 0 Å². The quantitative estimate of drug-likeness (QED) is 0.768. The van der Waals surface area contributed by atoms with E-state index in [1.165, 1.54) is 0 Å². The first-order valence-electron chi connectivity index (χ1n) is 5.92. The summed E-state index contributed by atoms with van der Waals surface area (Å²) in [6, 6.07) is 12.6. The van der Waals surface area contributed by atoms with Gasteiger partial charge in [-0.05, 0) is 18.4 Å². The lowest BCUT2D eigenvalue weighted by Gasteiger charge is -2.26. The van der Waals surface area contributed by atoms with Crippen LogP contribution in [0.3, 0.4) is 0 Å². The molecule has 2 N–H and O–H groups in total. The van der Waals surface area contributed by atoms with Gasteiger partial charge in [-0.25, -0.2) is 0 Å². The van der Waals surface area contributed by atoms with Gasteiger partial charge in [-0.1, -0.05) is 30.3 Å². The highest BCUT2D eigenvalue weighted by atomic mass is 16.6. The fourth-order valence-electron chi connectivity index (χ4n) is 1.88. The van der Waals surface area contributed by atoms with E-state index in [2.05, 4.69) is 16.9 Å². The molecular weight excluding hydrogens is 214 g/mol. The second kappa shape index (κ2) is 6.36. The van der Waals surface area contributed by atoms with Crippen molar-refractivity contribution in [3.05, 3.63) is 35.9 Å². The van der Waals surface area contributed by atoms with E-state index in [1.54, 1.807) is 0 Å². The maximum Gasteiger partial charge on any atom is 0.0954 e. The summed E-state index contributed by atoms with van der Waals surface area (Å²) >= 11 is 0. The molecule has 0 amide bonds. The smallest absolute Gasteiger partial charge is 0.0954 e. The van der Waals surface area contributed by atoms with E-state index in [4.69, 9.17) is 10.1 Å². The maximum atomic E-state index is 8.74. The molecule has 2 unspecified atom stereocenters. The molecule has 2 rings (SSSR count). The largest absolute Gasteiger partial charge is 0.300 e. The normalized spacial score (nSPS) is 24.2. The zero-order chi connectivity index (χ0) is 11.9. The van der Waals surface area contributed by atoms with Crippen LogP contribution in [0.25, 0.3) is 0 Å². The molecule has 0 aromatic heterocycles. The summed E-state index contributed by atoms with van der Waals surface area (Å²) in [4.78, 5) is 5.46. The Labute approximate surface area is 102 Å². The molecule has 0 radical (unpaired) electrons. The minimum atomic E-state index is 0.00201. The van der Waals surface area contributed by atoms with Crippen LogP contribution < -0.4 is 10.8 Å². The first-order chi connectivity index (χ1) is 8.38. The molecule has 1 heterocycles. The van der Waals surface area contributed by atoms with Crippen molar-refractivity contribution in [1.82, 2.24) is 10.8 Å². The highest BCUT2D eigenvalue weighted by molar-refractivity contribution is 5.13. The molecular formula is C13H17N3O. The van der Waals surface area contributed by atoms with E-state index in [1.807, 2.05) is 30.3 Å². The van der Waals surface area contributed by atoms with Crippen molar-refractivity contribution in [2.45, 2.75) is 31.5 Å². The monoisotopic (exact) mass is 231 g/mol. The molecule has 4 heteroatoms. The number of nitrogens with zero attached hydrogens (tertiary/aromatic N) is 1. The molecule has 17 heavy (non-hydrogen) atoms.